The van der Waals surface area contributed by atoms with Gasteiger partial charge in [0.15, 0.2) is 0 Å². The number of anilines is 2. The van der Waals surface area contributed by atoms with E-state index in [1.807, 2.05) is 0 Å². The van der Waals surface area contributed by atoms with Crippen molar-refractivity contribution < 1.29 is 9.53 Å². The van der Waals surface area contributed by atoms with Crippen molar-refractivity contribution in [1.29, 1.82) is 0 Å². The van der Waals surface area contributed by atoms with E-state index in [0.29, 0.717) is 23.5 Å². The highest BCUT2D eigenvalue weighted by Crippen LogP contribution is 2.26. The van der Waals surface area contributed by atoms with Crippen LogP contribution in [0.3, 0.4) is 0 Å². The van der Waals surface area contributed by atoms with Gasteiger partial charge in [-0.25, -0.2) is 0 Å². The van der Waals surface area contributed by atoms with Crippen LogP contribution < -0.4 is 15.8 Å². The fourth-order valence-corrected chi connectivity index (χ4v) is 2.28. The first-order valence-electron chi connectivity index (χ1n) is 7.90. The quantitative estimate of drug-likeness (QED) is 0.497. The molecule has 0 aliphatic carbocycles. The Hall–Kier alpha value is -1.71. The molecule has 0 saturated heterocycles. The third-order valence-electron chi connectivity index (χ3n) is 3.51. The van der Waals surface area contributed by atoms with Crippen LogP contribution in [0.2, 0.25) is 0 Å². The Morgan fingerprint density at radius 1 is 1.14 bits per heavy atom. The zero-order valence-corrected chi connectivity index (χ0v) is 13.3. The lowest BCUT2D eigenvalue weighted by Gasteiger charge is -2.10. The SMILES string of the molecule is CCCCCCCCCC(=O)Nc1cc(N)ccc1OC. The van der Waals surface area contributed by atoms with E-state index in [9.17, 15) is 4.79 Å². The van der Waals surface area contributed by atoms with Gasteiger partial charge in [-0.2, -0.15) is 0 Å². The molecule has 4 heteroatoms. The van der Waals surface area contributed by atoms with Gasteiger partial charge in [-0.05, 0) is 24.6 Å². The van der Waals surface area contributed by atoms with E-state index in [-0.39, 0.29) is 5.91 Å². The van der Waals surface area contributed by atoms with Crippen LogP contribution in [-0.4, -0.2) is 13.0 Å². The number of methoxy groups -OCH3 is 1. The molecule has 1 aromatic rings. The molecule has 1 aromatic carbocycles. The predicted octanol–water partition coefficient (Wildman–Crippen LogP) is 4.36. The van der Waals surface area contributed by atoms with Gasteiger partial charge in [0.05, 0.1) is 12.8 Å². The molecule has 0 aliphatic rings. The Labute approximate surface area is 128 Å². The fourth-order valence-electron chi connectivity index (χ4n) is 2.28. The van der Waals surface area contributed by atoms with Crippen LogP contribution in [0.1, 0.15) is 58.3 Å². The summed E-state index contributed by atoms with van der Waals surface area (Å²) < 4.78 is 5.21. The van der Waals surface area contributed by atoms with E-state index in [2.05, 4.69) is 12.2 Å². The van der Waals surface area contributed by atoms with Gasteiger partial charge in [0.25, 0.3) is 0 Å². The van der Waals surface area contributed by atoms with E-state index >= 15 is 0 Å². The minimum atomic E-state index is 0.0208. The number of amides is 1. The third kappa shape index (κ3) is 7.02. The molecule has 0 aromatic heterocycles. The average molecular weight is 292 g/mol. The summed E-state index contributed by atoms with van der Waals surface area (Å²) in [4.78, 5) is 11.9. The first-order valence-corrected chi connectivity index (χ1v) is 7.90. The standard InChI is InChI=1S/C17H28N2O2/c1-3-4-5-6-7-8-9-10-17(20)19-15-13-14(18)11-12-16(15)21-2/h11-13H,3-10,18H2,1-2H3,(H,19,20). The van der Waals surface area contributed by atoms with Crippen LogP contribution in [0.25, 0.3) is 0 Å². The van der Waals surface area contributed by atoms with Crippen LogP contribution in [0.15, 0.2) is 18.2 Å². The van der Waals surface area contributed by atoms with Crippen LogP contribution in [0, 0.1) is 0 Å². The van der Waals surface area contributed by atoms with E-state index < -0.39 is 0 Å². The second-order valence-electron chi connectivity index (χ2n) is 5.38. The van der Waals surface area contributed by atoms with Gasteiger partial charge in [-0.1, -0.05) is 45.4 Å². The molecule has 0 aliphatic heterocycles. The fraction of sp³-hybridized carbons (Fsp3) is 0.588. The number of rotatable bonds is 10. The first-order chi connectivity index (χ1) is 10.2. The molecule has 3 N–H and O–H groups in total. The zero-order valence-electron chi connectivity index (χ0n) is 13.3. The van der Waals surface area contributed by atoms with Gasteiger partial charge in [0.1, 0.15) is 5.75 Å². The zero-order chi connectivity index (χ0) is 15.5. The summed E-state index contributed by atoms with van der Waals surface area (Å²) in [6.07, 6.45) is 8.98. The Morgan fingerprint density at radius 3 is 2.48 bits per heavy atom. The Morgan fingerprint density at radius 2 is 1.81 bits per heavy atom. The number of nitrogens with two attached hydrogens (primary N) is 1. The van der Waals surface area contributed by atoms with Crippen LogP contribution in [0.4, 0.5) is 11.4 Å². The van der Waals surface area contributed by atoms with Gasteiger partial charge in [0, 0.05) is 12.1 Å². The van der Waals surface area contributed by atoms with Crippen molar-refractivity contribution in [2.45, 2.75) is 58.3 Å². The summed E-state index contributed by atoms with van der Waals surface area (Å²) in [7, 11) is 1.58. The summed E-state index contributed by atoms with van der Waals surface area (Å²) in [5.41, 5.74) is 6.99. The van der Waals surface area contributed by atoms with E-state index in [1.54, 1.807) is 25.3 Å². The molecule has 0 bridgehead atoms. The monoisotopic (exact) mass is 292 g/mol. The van der Waals surface area contributed by atoms with Crippen molar-refractivity contribution >= 4 is 17.3 Å². The van der Waals surface area contributed by atoms with Crippen molar-refractivity contribution in [3.63, 3.8) is 0 Å². The lowest BCUT2D eigenvalue weighted by Crippen LogP contribution is -2.12. The summed E-state index contributed by atoms with van der Waals surface area (Å²) in [5.74, 6) is 0.657. The van der Waals surface area contributed by atoms with Gasteiger partial charge in [-0.3, -0.25) is 4.79 Å². The third-order valence-corrected chi connectivity index (χ3v) is 3.51. The van der Waals surface area contributed by atoms with E-state index in [4.69, 9.17) is 10.5 Å². The van der Waals surface area contributed by atoms with Crippen molar-refractivity contribution in [3.05, 3.63) is 18.2 Å². The molecule has 21 heavy (non-hydrogen) atoms. The first kappa shape index (κ1) is 17.3. The smallest absolute Gasteiger partial charge is 0.224 e. The highest BCUT2D eigenvalue weighted by molar-refractivity contribution is 5.92. The average Bonchev–Trinajstić information content (AvgIpc) is 2.46. The highest BCUT2D eigenvalue weighted by Gasteiger charge is 2.07. The minimum Gasteiger partial charge on any atom is -0.495 e. The summed E-state index contributed by atoms with van der Waals surface area (Å²) in [6, 6.07) is 5.24. The largest absolute Gasteiger partial charge is 0.495 e. The normalized spacial score (nSPS) is 10.4. The van der Waals surface area contributed by atoms with Gasteiger partial charge in [0.2, 0.25) is 5.91 Å². The molecule has 0 radical (unpaired) electrons. The molecule has 0 spiro atoms. The van der Waals surface area contributed by atoms with Crippen molar-refractivity contribution in [2.75, 3.05) is 18.2 Å². The second-order valence-corrected chi connectivity index (χ2v) is 5.38. The summed E-state index contributed by atoms with van der Waals surface area (Å²) in [5, 5.41) is 2.87. The number of carbonyl (C=O) groups is 1. The molecule has 118 valence electrons. The number of benzene rings is 1. The highest BCUT2D eigenvalue weighted by atomic mass is 16.5. The molecule has 0 atom stereocenters. The number of hydrogen-bond donors (Lipinski definition) is 2. The Balaban J connectivity index is 2.26. The summed E-state index contributed by atoms with van der Waals surface area (Å²) >= 11 is 0. The Kier molecular flexibility index (Phi) is 8.32. The molecule has 0 saturated carbocycles. The van der Waals surface area contributed by atoms with Crippen LogP contribution in [-0.2, 0) is 4.79 Å². The molecule has 1 rings (SSSR count). The van der Waals surface area contributed by atoms with Crippen molar-refractivity contribution in [1.82, 2.24) is 0 Å². The lowest BCUT2D eigenvalue weighted by molar-refractivity contribution is -0.116. The molecular formula is C17H28N2O2. The molecular weight excluding hydrogens is 264 g/mol. The number of nitrogen functional groups attached to an aromatic ring is 1. The predicted molar refractivity (Wildman–Crippen MR) is 88.6 cm³/mol. The molecule has 0 heterocycles. The number of unbranched alkanes of at least 4 members (excludes halogenated alkanes) is 6. The second kappa shape index (κ2) is 10.1. The van der Waals surface area contributed by atoms with Crippen LogP contribution >= 0.6 is 0 Å². The topological polar surface area (TPSA) is 64.4 Å². The maximum Gasteiger partial charge on any atom is 0.224 e. The molecule has 0 unspecified atom stereocenters. The number of ether oxygens (including phenoxy) is 1. The van der Waals surface area contributed by atoms with Gasteiger partial charge < -0.3 is 15.8 Å². The number of carbonyl (C=O) groups excluding carboxylic acids is 1. The minimum absolute atomic E-state index is 0.0208. The summed E-state index contributed by atoms with van der Waals surface area (Å²) in [6.45, 7) is 2.22. The maximum absolute atomic E-state index is 11.9. The Bertz CT molecular complexity index is 433. The van der Waals surface area contributed by atoms with Gasteiger partial charge >= 0.3 is 0 Å². The molecule has 4 nitrogen and oxygen atoms in total. The number of hydrogen-bond acceptors (Lipinski definition) is 3. The van der Waals surface area contributed by atoms with E-state index in [1.165, 1.54) is 32.1 Å². The maximum atomic E-state index is 11.9. The van der Waals surface area contributed by atoms with Crippen LogP contribution in [0.5, 0.6) is 5.75 Å². The van der Waals surface area contributed by atoms with Crippen molar-refractivity contribution in [2.24, 2.45) is 0 Å². The van der Waals surface area contributed by atoms with Gasteiger partial charge in [-0.15, -0.1) is 0 Å². The molecule has 0 fully saturated rings. The number of nitrogens with one attached hydrogen (secondary N) is 1. The lowest BCUT2D eigenvalue weighted by atomic mass is 10.1. The van der Waals surface area contributed by atoms with Crippen molar-refractivity contribution in [3.8, 4) is 5.75 Å². The molecule has 1 amide bonds. The van der Waals surface area contributed by atoms with E-state index in [0.717, 1.165) is 12.8 Å².